The van der Waals surface area contributed by atoms with Gasteiger partial charge in [0.15, 0.2) is 0 Å². The summed E-state index contributed by atoms with van der Waals surface area (Å²) >= 11 is 0. The molecule has 0 radical (unpaired) electrons. The van der Waals surface area contributed by atoms with Crippen molar-refractivity contribution in [1.29, 1.82) is 5.26 Å². The maximum Gasteiger partial charge on any atom is 0.410 e. The summed E-state index contributed by atoms with van der Waals surface area (Å²) in [6.07, 6.45) is 5.08. The minimum Gasteiger partial charge on any atom is -0.444 e. The molecule has 2 atom stereocenters. The van der Waals surface area contributed by atoms with Gasteiger partial charge in [0.25, 0.3) is 0 Å². The van der Waals surface area contributed by atoms with Gasteiger partial charge in [-0.1, -0.05) is 6.42 Å². The van der Waals surface area contributed by atoms with Gasteiger partial charge in [-0.25, -0.2) is 4.79 Å². The van der Waals surface area contributed by atoms with Crippen LogP contribution >= 0.6 is 0 Å². The van der Waals surface area contributed by atoms with E-state index in [-0.39, 0.29) is 18.2 Å². The van der Waals surface area contributed by atoms with E-state index in [9.17, 15) is 4.79 Å². The molecule has 2 aliphatic rings. The second kappa shape index (κ2) is 9.29. The number of nitriles is 1. The molecule has 0 spiro atoms. The van der Waals surface area contributed by atoms with Crippen LogP contribution in [0.15, 0.2) is 28.7 Å². The van der Waals surface area contributed by atoms with Gasteiger partial charge in [-0.05, 0) is 77.3 Å². The molecule has 1 aromatic carbocycles. The topological polar surface area (TPSA) is 95.5 Å². The molecule has 2 aromatic rings. The number of piperidine rings is 1. The fraction of sp³-hybridized carbons (Fsp3) is 0.583. The predicted molar refractivity (Wildman–Crippen MR) is 118 cm³/mol. The summed E-state index contributed by atoms with van der Waals surface area (Å²) < 4.78 is 11.6. The Bertz CT molecular complexity index is 973. The molecule has 0 bridgehead atoms. The van der Waals surface area contributed by atoms with Crippen LogP contribution in [-0.2, 0) is 11.3 Å². The van der Waals surface area contributed by atoms with Gasteiger partial charge in [-0.3, -0.25) is 4.90 Å². The molecule has 0 unspecified atom stereocenters. The lowest BCUT2D eigenvalue weighted by Gasteiger charge is -2.41. The lowest BCUT2D eigenvalue weighted by molar-refractivity contribution is 0.00540. The Kier molecular flexibility index (Phi) is 6.47. The Balaban J connectivity index is 1.46. The van der Waals surface area contributed by atoms with Gasteiger partial charge in [0.05, 0.1) is 24.2 Å². The molecular formula is C24H31N5O3. The number of hydrogen-bond acceptors (Lipinski definition) is 7. The first-order valence-corrected chi connectivity index (χ1v) is 11.4. The Morgan fingerprint density at radius 3 is 2.59 bits per heavy atom. The standard InChI is InChI=1S/C24H31N5O3/c1-24(2,3)32-23(30)29-14-6-8-20(29)19-7-4-5-13-28(19)16-21-26-27-22(31-21)18-11-9-17(15-25)10-12-18/h9-12,19-20H,4-8,13-14,16H2,1-3H3/t19-,20-/m1/s1. The van der Waals surface area contributed by atoms with Gasteiger partial charge in [0.1, 0.15) is 5.60 Å². The molecule has 0 aliphatic carbocycles. The molecular weight excluding hydrogens is 406 g/mol. The molecule has 1 aromatic heterocycles. The van der Waals surface area contributed by atoms with Crippen LogP contribution in [-0.4, -0.2) is 56.9 Å². The lowest BCUT2D eigenvalue weighted by Crippen LogP contribution is -2.53. The average molecular weight is 438 g/mol. The normalized spacial score (nSPS) is 22.0. The van der Waals surface area contributed by atoms with Crippen molar-refractivity contribution in [2.75, 3.05) is 13.1 Å². The van der Waals surface area contributed by atoms with Gasteiger partial charge >= 0.3 is 6.09 Å². The van der Waals surface area contributed by atoms with E-state index in [2.05, 4.69) is 21.2 Å². The molecule has 3 heterocycles. The van der Waals surface area contributed by atoms with E-state index in [1.165, 1.54) is 0 Å². The number of likely N-dealkylation sites (tertiary alicyclic amines) is 2. The van der Waals surface area contributed by atoms with Crippen LogP contribution in [0.3, 0.4) is 0 Å². The summed E-state index contributed by atoms with van der Waals surface area (Å²) in [7, 11) is 0. The molecule has 2 saturated heterocycles. The van der Waals surface area contributed by atoms with Gasteiger partial charge in [-0.2, -0.15) is 5.26 Å². The highest BCUT2D eigenvalue weighted by atomic mass is 16.6. The third kappa shape index (κ3) is 5.10. The second-order valence-electron chi connectivity index (χ2n) is 9.61. The van der Waals surface area contributed by atoms with Gasteiger partial charge in [0, 0.05) is 18.2 Å². The zero-order valence-corrected chi connectivity index (χ0v) is 19.1. The van der Waals surface area contributed by atoms with Crippen molar-refractivity contribution in [3.63, 3.8) is 0 Å². The van der Waals surface area contributed by atoms with E-state index in [4.69, 9.17) is 14.4 Å². The summed E-state index contributed by atoms with van der Waals surface area (Å²) in [6.45, 7) is 7.97. The van der Waals surface area contributed by atoms with Crippen molar-refractivity contribution in [2.45, 2.75) is 77.1 Å². The van der Waals surface area contributed by atoms with Gasteiger partial charge in [-0.15, -0.1) is 10.2 Å². The van der Waals surface area contributed by atoms with Crippen molar-refractivity contribution >= 4 is 6.09 Å². The average Bonchev–Trinajstić information content (AvgIpc) is 3.43. The maximum absolute atomic E-state index is 12.8. The Morgan fingerprint density at radius 2 is 1.88 bits per heavy atom. The number of nitrogens with zero attached hydrogens (tertiary/aromatic N) is 5. The summed E-state index contributed by atoms with van der Waals surface area (Å²) in [5, 5.41) is 17.4. The highest BCUT2D eigenvalue weighted by Crippen LogP contribution is 2.31. The van der Waals surface area contributed by atoms with Crippen LogP contribution in [0.25, 0.3) is 11.5 Å². The van der Waals surface area contributed by atoms with E-state index in [1.54, 1.807) is 12.1 Å². The summed E-state index contributed by atoms with van der Waals surface area (Å²) in [6, 6.07) is 9.62. The lowest BCUT2D eigenvalue weighted by atomic mass is 9.94. The molecule has 8 heteroatoms. The molecule has 2 fully saturated rings. The Hall–Kier alpha value is -2.92. The number of rotatable bonds is 4. The van der Waals surface area contributed by atoms with Crippen LogP contribution in [0.2, 0.25) is 0 Å². The minimum atomic E-state index is -0.498. The zero-order valence-electron chi connectivity index (χ0n) is 19.1. The monoisotopic (exact) mass is 437 g/mol. The minimum absolute atomic E-state index is 0.145. The first-order chi connectivity index (χ1) is 15.3. The quantitative estimate of drug-likeness (QED) is 0.701. The SMILES string of the molecule is CC(C)(C)OC(=O)N1CCC[C@@H]1[C@H]1CCCCN1Cc1nnc(-c2ccc(C#N)cc2)o1. The number of carbonyl (C=O) groups excluding carboxylic acids is 1. The molecule has 0 saturated carbocycles. The molecule has 0 N–H and O–H groups in total. The van der Waals surface area contributed by atoms with Crippen molar-refractivity contribution in [1.82, 2.24) is 20.0 Å². The van der Waals surface area contributed by atoms with Crippen molar-refractivity contribution in [3.8, 4) is 17.5 Å². The van der Waals surface area contributed by atoms with E-state index >= 15 is 0 Å². The van der Waals surface area contributed by atoms with Crippen LogP contribution < -0.4 is 0 Å². The van der Waals surface area contributed by atoms with Gasteiger partial charge < -0.3 is 14.1 Å². The van der Waals surface area contributed by atoms with Gasteiger partial charge in [0.2, 0.25) is 11.8 Å². The molecule has 2 aliphatic heterocycles. The van der Waals surface area contributed by atoms with E-state index in [0.29, 0.717) is 23.9 Å². The summed E-state index contributed by atoms with van der Waals surface area (Å²) in [5.74, 6) is 1.02. The number of hydrogen-bond donors (Lipinski definition) is 0. The Labute approximate surface area is 189 Å². The van der Waals surface area contributed by atoms with E-state index in [1.807, 2.05) is 37.8 Å². The zero-order chi connectivity index (χ0) is 22.7. The predicted octanol–water partition coefficient (Wildman–Crippen LogP) is 4.36. The second-order valence-corrected chi connectivity index (χ2v) is 9.61. The largest absolute Gasteiger partial charge is 0.444 e. The maximum atomic E-state index is 12.8. The molecule has 8 nitrogen and oxygen atoms in total. The van der Waals surface area contributed by atoms with Crippen LogP contribution in [0, 0.1) is 11.3 Å². The number of amides is 1. The highest BCUT2D eigenvalue weighted by Gasteiger charge is 2.40. The fourth-order valence-electron chi connectivity index (χ4n) is 4.68. The third-order valence-corrected chi connectivity index (χ3v) is 6.10. The van der Waals surface area contributed by atoms with Crippen LogP contribution in [0.4, 0.5) is 4.79 Å². The van der Waals surface area contributed by atoms with Crippen LogP contribution in [0.1, 0.15) is 64.3 Å². The first kappa shape index (κ1) is 22.3. The first-order valence-electron chi connectivity index (χ1n) is 11.4. The van der Waals surface area contributed by atoms with Crippen molar-refractivity contribution < 1.29 is 13.9 Å². The highest BCUT2D eigenvalue weighted by molar-refractivity contribution is 5.69. The molecule has 32 heavy (non-hydrogen) atoms. The molecule has 1 amide bonds. The summed E-state index contributed by atoms with van der Waals surface area (Å²) in [4.78, 5) is 17.1. The van der Waals surface area contributed by atoms with Crippen molar-refractivity contribution in [2.24, 2.45) is 0 Å². The van der Waals surface area contributed by atoms with Crippen LogP contribution in [0.5, 0.6) is 0 Å². The number of ether oxygens (including phenoxy) is 1. The van der Waals surface area contributed by atoms with Crippen molar-refractivity contribution in [3.05, 3.63) is 35.7 Å². The smallest absolute Gasteiger partial charge is 0.410 e. The fourth-order valence-corrected chi connectivity index (χ4v) is 4.68. The van der Waals surface area contributed by atoms with E-state index < -0.39 is 5.60 Å². The molecule has 4 rings (SSSR count). The van der Waals surface area contributed by atoms with E-state index in [0.717, 1.165) is 50.8 Å². The number of benzene rings is 1. The summed E-state index contributed by atoms with van der Waals surface area (Å²) in [5.41, 5.74) is 0.891. The number of aromatic nitrogens is 2. The Morgan fingerprint density at radius 1 is 1.12 bits per heavy atom. The third-order valence-electron chi connectivity index (χ3n) is 6.10. The molecule has 170 valence electrons. The number of carbonyl (C=O) groups is 1.